The number of hydrogen-bond acceptors (Lipinski definition) is 7. The normalized spacial score (nSPS) is 10.4. The van der Waals surface area contributed by atoms with Gasteiger partial charge in [0.1, 0.15) is 0 Å². The minimum absolute atomic E-state index is 0.259. The Kier molecular flexibility index (Phi) is 2.70. The van der Waals surface area contributed by atoms with Gasteiger partial charge in [-0.05, 0) is 0 Å². The second-order valence-corrected chi connectivity index (χ2v) is 3.50. The van der Waals surface area contributed by atoms with E-state index >= 15 is 0 Å². The lowest BCUT2D eigenvalue weighted by atomic mass is 10.5. The van der Waals surface area contributed by atoms with Crippen molar-refractivity contribution in [2.24, 2.45) is 5.73 Å². The number of aromatic nitrogens is 3. The molecular weight excluding hydrogens is 202 g/mol. The van der Waals surface area contributed by atoms with Crippen molar-refractivity contribution in [3.8, 4) is 0 Å². The van der Waals surface area contributed by atoms with Gasteiger partial charge in [0.25, 0.3) is 0 Å². The van der Waals surface area contributed by atoms with E-state index in [-0.39, 0.29) is 6.54 Å². The van der Waals surface area contributed by atoms with Gasteiger partial charge >= 0.3 is 6.01 Å². The maximum absolute atomic E-state index is 5.32. The lowest BCUT2D eigenvalue weighted by Crippen LogP contribution is -1.97. The first kappa shape index (κ1) is 9.10. The molecule has 2 heterocycles. The van der Waals surface area contributed by atoms with Gasteiger partial charge < -0.3 is 15.5 Å². The topological polar surface area (TPSA) is 89.9 Å². The summed E-state index contributed by atoms with van der Waals surface area (Å²) in [5.74, 6) is 0.428. The minimum Gasteiger partial charge on any atom is -0.407 e. The van der Waals surface area contributed by atoms with Crippen LogP contribution in [-0.4, -0.2) is 15.2 Å². The third-order valence-electron chi connectivity index (χ3n) is 1.54. The van der Waals surface area contributed by atoms with Crippen LogP contribution in [-0.2, 0) is 13.1 Å². The monoisotopic (exact) mass is 211 g/mol. The van der Waals surface area contributed by atoms with Crippen LogP contribution in [0.1, 0.15) is 10.8 Å². The molecule has 0 bridgehead atoms. The Hall–Kier alpha value is -1.47. The average molecular weight is 211 g/mol. The molecule has 0 aliphatic carbocycles. The summed E-state index contributed by atoms with van der Waals surface area (Å²) in [5, 5.41) is 10.5. The number of anilines is 1. The molecule has 0 saturated carbocycles. The Morgan fingerprint density at radius 1 is 1.50 bits per heavy atom. The molecule has 0 aliphatic heterocycles. The van der Waals surface area contributed by atoms with Crippen LogP contribution >= 0.6 is 11.3 Å². The fourth-order valence-electron chi connectivity index (χ4n) is 0.900. The fraction of sp³-hybridized carbons (Fsp3) is 0.286. The van der Waals surface area contributed by atoms with Crippen molar-refractivity contribution in [3.63, 3.8) is 0 Å². The zero-order valence-corrected chi connectivity index (χ0v) is 8.12. The summed E-state index contributed by atoms with van der Waals surface area (Å²) in [5.41, 5.74) is 7.10. The summed E-state index contributed by atoms with van der Waals surface area (Å²) in [6.07, 6.45) is 1.79. The van der Waals surface area contributed by atoms with Gasteiger partial charge in [-0.25, -0.2) is 0 Å². The van der Waals surface area contributed by atoms with E-state index in [1.54, 1.807) is 23.0 Å². The molecule has 0 aromatic carbocycles. The zero-order valence-electron chi connectivity index (χ0n) is 7.30. The van der Waals surface area contributed by atoms with Crippen molar-refractivity contribution in [3.05, 3.63) is 22.5 Å². The molecule has 0 unspecified atom stereocenters. The van der Waals surface area contributed by atoms with Crippen molar-refractivity contribution < 1.29 is 4.42 Å². The summed E-state index contributed by atoms with van der Waals surface area (Å²) >= 11 is 1.57. The highest BCUT2D eigenvalue weighted by Gasteiger charge is 2.03. The van der Waals surface area contributed by atoms with E-state index in [4.69, 9.17) is 10.2 Å². The Balaban J connectivity index is 1.92. The van der Waals surface area contributed by atoms with Gasteiger partial charge in [0, 0.05) is 11.1 Å². The van der Waals surface area contributed by atoms with E-state index in [0.717, 1.165) is 4.88 Å². The van der Waals surface area contributed by atoms with Gasteiger partial charge in [0.05, 0.1) is 18.6 Å². The standard InChI is InChI=1S/C7H9N5OS/c8-1-6-11-12-7(13-6)10-3-5-2-9-4-14-5/h2,4H,1,3,8H2,(H,10,12). The SMILES string of the molecule is NCc1nnc(NCc2cncs2)o1. The highest BCUT2D eigenvalue weighted by atomic mass is 32.1. The maximum atomic E-state index is 5.32. The maximum Gasteiger partial charge on any atom is 0.315 e. The highest BCUT2D eigenvalue weighted by molar-refractivity contribution is 7.09. The molecule has 0 aliphatic rings. The van der Waals surface area contributed by atoms with Crippen molar-refractivity contribution in [2.75, 3.05) is 5.32 Å². The molecule has 0 amide bonds. The molecule has 0 spiro atoms. The second kappa shape index (κ2) is 4.16. The van der Waals surface area contributed by atoms with E-state index in [1.807, 2.05) is 0 Å². The summed E-state index contributed by atoms with van der Waals surface area (Å²) in [4.78, 5) is 5.06. The van der Waals surface area contributed by atoms with Gasteiger partial charge in [0.2, 0.25) is 5.89 Å². The molecule has 2 rings (SSSR count). The average Bonchev–Trinajstić information content (AvgIpc) is 2.86. The first-order valence-electron chi connectivity index (χ1n) is 4.02. The van der Waals surface area contributed by atoms with Crippen molar-refractivity contribution in [2.45, 2.75) is 13.1 Å². The Bertz CT molecular complexity index is 384. The van der Waals surface area contributed by atoms with Gasteiger partial charge in [-0.15, -0.1) is 16.4 Å². The molecule has 2 aromatic rings. The first-order chi connectivity index (χ1) is 6.88. The number of hydrogen-bond donors (Lipinski definition) is 2. The Labute approximate surface area is 84.2 Å². The third-order valence-corrected chi connectivity index (χ3v) is 2.32. The van der Waals surface area contributed by atoms with Crippen LogP contribution in [0.25, 0.3) is 0 Å². The summed E-state index contributed by atoms with van der Waals surface area (Å²) in [6.45, 7) is 0.895. The molecule has 7 heteroatoms. The molecule has 74 valence electrons. The number of thiazole rings is 1. The van der Waals surface area contributed by atoms with Crippen LogP contribution in [0.3, 0.4) is 0 Å². The molecule has 6 nitrogen and oxygen atoms in total. The van der Waals surface area contributed by atoms with Crippen LogP contribution in [0.4, 0.5) is 6.01 Å². The molecule has 0 fully saturated rings. The van der Waals surface area contributed by atoms with E-state index < -0.39 is 0 Å². The fourth-order valence-corrected chi connectivity index (χ4v) is 1.43. The van der Waals surface area contributed by atoms with Gasteiger partial charge in [-0.1, -0.05) is 5.10 Å². The third kappa shape index (κ3) is 2.06. The molecule has 0 radical (unpaired) electrons. The van der Waals surface area contributed by atoms with Crippen LogP contribution in [0.5, 0.6) is 0 Å². The van der Waals surface area contributed by atoms with Crippen LogP contribution in [0.15, 0.2) is 16.1 Å². The van der Waals surface area contributed by atoms with Crippen molar-refractivity contribution >= 4 is 17.4 Å². The molecule has 0 atom stereocenters. The minimum atomic E-state index is 0.259. The second-order valence-electron chi connectivity index (χ2n) is 2.53. The van der Waals surface area contributed by atoms with Crippen molar-refractivity contribution in [1.82, 2.24) is 15.2 Å². The van der Waals surface area contributed by atoms with E-state index in [0.29, 0.717) is 18.5 Å². The van der Waals surface area contributed by atoms with Crippen LogP contribution < -0.4 is 11.1 Å². The summed E-state index contributed by atoms with van der Waals surface area (Å²) in [7, 11) is 0. The predicted octanol–water partition coefficient (Wildman–Crippen LogP) is 0.597. The predicted molar refractivity (Wildman–Crippen MR) is 51.6 cm³/mol. The molecule has 0 saturated heterocycles. The number of rotatable bonds is 4. The van der Waals surface area contributed by atoms with Crippen molar-refractivity contribution in [1.29, 1.82) is 0 Å². The van der Waals surface area contributed by atoms with Crippen LogP contribution in [0, 0.1) is 0 Å². The van der Waals surface area contributed by atoms with Gasteiger partial charge in [-0.2, -0.15) is 0 Å². The number of nitrogens with two attached hydrogens (primary N) is 1. The van der Waals surface area contributed by atoms with Gasteiger partial charge in [0.15, 0.2) is 0 Å². The zero-order chi connectivity index (χ0) is 9.80. The quantitative estimate of drug-likeness (QED) is 0.769. The largest absolute Gasteiger partial charge is 0.407 e. The van der Waals surface area contributed by atoms with Crippen LogP contribution in [0.2, 0.25) is 0 Å². The Morgan fingerprint density at radius 2 is 2.43 bits per heavy atom. The molecule has 14 heavy (non-hydrogen) atoms. The number of nitrogens with one attached hydrogen (secondary N) is 1. The van der Waals surface area contributed by atoms with E-state index in [2.05, 4.69) is 20.5 Å². The lowest BCUT2D eigenvalue weighted by Gasteiger charge is -1.95. The smallest absolute Gasteiger partial charge is 0.315 e. The molecular formula is C7H9N5OS. The Morgan fingerprint density at radius 3 is 3.07 bits per heavy atom. The van der Waals surface area contributed by atoms with Gasteiger partial charge in [-0.3, -0.25) is 4.98 Å². The molecule has 3 N–H and O–H groups in total. The van der Waals surface area contributed by atoms with E-state index in [9.17, 15) is 0 Å². The number of nitrogens with zero attached hydrogens (tertiary/aromatic N) is 3. The lowest BCUT2D eigenvalue weighted by molar-refractivity contribution is 0.507. The first-order valence-corrected chi connectivity index (χ1v) is 4.90. The molecule has 2 aromatic heterocycles. The van der Waals surface area contributed by atoms with E-state index in [1.165, 1.54) is 0 Å². The summed E-state index contributed by atoms with van der Waals surface area (Å²) < 4.78 is 5.16. The highest BCUT2D eigenvalue weighted by Crippen LogP contribution is 2.09. The summed E-state index contributed by atoms with van der Waals surface area (Å²) in [6, 6.07) is 0.388.